The van der Waals surface area contributed by atoms with Crippen molar-refractivity contribution in [3.63, 3.8) is 0 Å². The van der Waals surface area contributed by atoms with Gasteiger partial charge >= 0.3 is 0 Å². The van der Waals surface area contributed by atoms with E-state index in [0.717, 1.165) is 6.42 Å². The highest BCUT2D eigenvalue weighted by Gasteiger charge is 2.06. The van der Waals surface area contributed by atoms with Crippen LogP contribution in [0.1, 0.15) is 27.2 Å². The SMILES string of the molecule is C=C1C=C(C)C(C)=C(C)C1. The van der Waals surface area contributed by atoms with E-state index in [1.54, 1.807) is 0 Å². The summed E-state index contributed by atoms with van der Waals surface area (Å²) in [7, 11) is 0. The topological polar surface area (TPSA) is 0 Å². The smallest absolute Gasteiger partial charge is 0.00698 e. The highest BCUT2D eigenvalue weighted by atomic mass is 14.1. The maximum atomic E-state index is 3.94. The van der Waals surface area contributed by atoms with Crippen LogP contribution in [0.5, 0.6) is 0 Å². The molecule has 0 aliphatic heterocycles. The molecule has 10 heavy (non-hydrogen) atoms. The molecule has 0 aromatic carbocycles. The Morgan fingerprint density at radius 2 is 1.90 bits per heavy atom. The lowest BCUT2D eigenvalue weighted by atomic mass is 9.91. The molecule has 0 aromatic rings. The molecule has 0 radical (unpaired) electrons. The second-order valence-corrected chi connectivity index (χ2v) is 3.07. The molecular formula is C10H14. The average molecular weight is 134 g/mol. The highest BCUT2D eigenvalue weighted by Crippen LogP contribution is 2.26. The third-order valence-corrected chi connectivity index (χ3v) is 2.14. The minimum atomic E-state index is 1.06. The average Bonchev–Trinajstić information content (AvgIpc) is 1.82. The summed E-state index contributed by atoms with van der Waals surface area (Å²) in [6.07, 6.45) is 3.23. The first kappa shape index (κ1) is 7.33. The van der Waals surface area contributed by atoms with Crippen LogP contribution in [0, 0.1) is 0 Å². The van der Waals surface area contributed by atoms with Gasteiger partial charge in [-0.2, -0.15) is 0 Å². The van der Waals surface area contributed by atoms with Crippen molar-refractivity contribution in [2.24, 2.45) is 0 Å². The van der Waals surface area contributed by atoms with Crippen LogP contribution >= 0.6 is 0 Å². The molecule has 0 nitrogen and oxygen atoms in total. The van der Waals surface area contributed by atoms with Crippen LogP contribution in [0.2, 0.25) is 0 Å². The molecule has 0 heteroatoms. The van der Waals surface area contributed by atoms with Crippen LogP contribution < -0.4 is 0 Å². The molecule has 0 aromatic heterocycles. The Morgan fingerprint density at radius 3 is 2.40 bits per heavy atom. The van der Waals surface area contributed by atoms with Gasteiger partial charge in [-0.1, -0.05) is 23.8 Å². The largest absolute Gasteiger partial charge is 0.0955 e. The predicted octanol–water partition coefficient (Wildman–Crippen LogP) is 3.23. The fourth-order valence-electron chi connectivity index (χ4n) is 1.28. The number of hydrogen-bond acceptors (Lipinski definition) is 0. The van der Waals surface area contributed by atoms with Crippen molar-refractivity contribution in [3.05, 3.63) is 34.9 Å². The van der Waals surface area contributed by atoms with Gasteiger partial charge in [-0.25, -0.2) is 0 Å². The Labute approximate surface area is 62.9 Å². The van der Waals surface area contributed by atoms with Crippen LogP contribution in [-0.4, -0.2) is 0 Å². The van der Waals surface area contributed by atoms with Crippen molar-refractivity contribution in [3.8, 4) is 0 Å². The molecule has 0 fully saturated rings. The van der Waals surface area contributed by atoms with Gasteiger partial charge in [0.1, 0.15) is 0 Å². The van der Waals surface area contributed by atoms with Gasteiger partial charge < -0.3 is 0 Å². The van der Waals surface area contributed by atoms with Gasteiger partial charge in [0.15, 0.2) is 0 Å². The van der Waals surface area contributed by atoms with E-state index in [-0.39, 0.29) is 0 Å². The first-order valence-electron chi connectivity index (χ1n) is 3.64. The molecule has 0 N–H and O–H groups in total. The fourth-order valence-corrected chi connectivity index (χ4v) is 1.28. The molecule has 0 unspecified atom stereocenters. The van der Waals surface area contributed by atoms with Gasteiger partial charge in [-0.15, -0.1) is 0 Å². The molecule has 0 amide bonds. The fraction of sp³-hybridized carbons (Fsp3) is 0.400. The van der Waals surface area contributed by atoms with Crippen molar-refractivity contribution in [2.45, 2.75) is 27.2 Å². The van der Waals surface area contributed by atoms with Crippen LogP contribution in [0.3, 0.4) is 0 Å². The minimum absolute atomic E-state index is 1.06. The molecule has 0 bridgehead atoms. The standard InChI is InChI=1S/C10H14/c1-7-5-8(2)10(4)9(3)6-7/h5H,1,6H2,2-4H3. The zero-order valence-electron chi connectivity index (χ0n) is 6.99. The molecule has 1 rings (SSSR count). The van der Waals surface area contributed by atoms with Crippen molar-refractivity contribution in [2.75, 3.05) is 0 Å². The molecule has 0 atom stereocenters. The molecule has 0 spiro atoms. The van der Waals surface area contributed by atoms with Crippen molar-refractivity contribution < 1.29 is 0 Å². The van der Waals surface area contributed by atoms with E-state index in [0.29, 0.717) is 0 Å². The summed E-state index contributed by atoms with van der Waals surface area (Å²) in [5.41, 5.74) is 5.51. The van der Waals surface area contributed by atoms with Crippen molar-refractivity contribution in [1.29, 1.82) is 0 Å². The zero-order valence-corrected chi connectivity index (χ0v) is 6.99. The lowest BCUT2D eigenvalue weighted by molar-refractivity contribution is 1.06. The minimum Gasteiger partial charge on any atom is -0.0955 e. The van der Waals surface area contributed by atoms with Gasteiger partial charge in [0, 0.05) is 0 Å². The molecular weight excluding hydrogens is 120 g/mol. The maximum Gasteiger partial charge on any atom is -0.00698 e. The Hall–Kier alpha value is -0.780. The maximum absolute atomic E-state index is 3.94. The van der Waals surface area contributed by atoms with E-state index >= 15 is 0 Å². The van der Waals surface area contributed by atoms with Crippen LogP contribution in [0.15, 0.2) is 34.9 Å². The number of allylic oxidation sites excluding steroid dienone is 5. The molecule has 1 aliphatic carbocycles. The quantitative estimate of drug-likeness (QED) is 0.477. The van der Waals surface area contributed by atoms with E-state index in [2.05, 4.69) is 33.4 Å². The molecule has 54 valence electrons. The summed E-state index contributed by atoms with van der Waals surface area (Å²) >= 11 is 0. The zero-order chi connectivity index (χ0) is 7.72. The third kappa shape index (κ3) is 1.21. The first-order chi connectivity index (χ1) is 4.61. The summed E-state index contributed by atoms with van der Waals surface area (Å²) in [6, 6.07) is 0. The van der Waals surface area contributed by atoms with Gasteiger partial charge in [0.05, 0.1) is 0 Å². The van der Waals surface area contributed by atoms with Gasteiger partial charge in [0.25, 0.3) is 0 Å². The second-order valence-electron chi connectivity index (χ2n) is 3.07. The Balaban J connectivity index is 3.01. The Bertz CT molecular complexity index is 221. The molecule has 0 saturated heterocycles. The third-order valence-electron chi connectivity index (χ3n) is 2.14. The van der Waals surface area contributed by atoms with Crippen molar-refractivity contribution in [1.82, 2.24) is 0 Å². The van der Waals surface area contributed by atoms with E-state index in [4.69, 9.17) is 0 Å². The summed E-state index contributed by atoms with van der Waals surface area (Å²) in [4.78, 5) is 0. The summed E-state index contributed by atoms with van der Waals surface area (Å²) in [6.45, 7) is 10.4. The first-order valence-corrected chi connectivity index (χ1v) is 3.64. The Kier molecular flexibility index (Phi) is 1.80. The lowest BCUT2D eigenvalue weighted by Gasteiger charge is -2.14. The van der Waals surface area contributed by atoms with Gasteiger partial charge in [-0.05, 0) is 38.3 Å². The van der Waals surface area contributed by atoms with Crippen LogP contribution in [0.4, 0.5) is 0 Å². The molecule has 0 saturated carbocycles. The van der Waals surface area contributed by atoms with Crippen molar-refractivity contribution >= 4 is 0 Å². The Morgan fingerprint density at radius 1 is 1.30 bits per heavy atom. The van der Waals surface area contributed by atoms with Gasteiger partial charge in [0.2, 0.25) is 0 Å². The molecule has 0 heterocycles. The summed E-state index contributed by atoms with van der Waals surface area (Å²) in [5.74, 6) is 0. The monoisotopic (exact) mass is 134 g/mol. The molecule has 1 aliphatic rings. The van der Waals surface area contributed by atoms with E-state index in [1.165, 1.54) is 22.3 Å². The van der Waals surface area contributed by atoms with E-state index in [1.807, 2.05) is 0 Å². The highest BCUT2D eigenvalue weighted by molar-refractivity contribution is 5.43. The van der Waals surface area contributed by atoms with E-state index < -0.39 is 0 Å². The number of hydrogen-bond donors (Lipinski definition) is 0. The summed E-state index contributed by atoms with van der Waals surface area (Å²) < 4.78 is 0. The van der Waals surface area contributed by atoms with Gasteiger partial charge in [-0.3, -0.25) is 0 Å². The summed E-state index contributed by atoms with van der Waals surface area (Å²) in [5, 5.41) is 0. The van der Waals surface area contributed by atoms with Crippen LogP contribution in [-0.2, 0) is 0 Å². The van der Waals surface area contributed by atoms with E-state index in [9.17, 15) is 0 Å². The second kappa shape index (κ2) is 2.45. The van der Waals surface area contributed by atoms with Crippen LogP contribution in [0.25, 0.3) is 0 Å². The lowest BCUT2D eigenvalue weighted by Crippen LogP contribution is -1.94. The predicted molar refractivity (Wildman–Crippen MR) is 45.9 cm³/mol. The normalized spacial score (nSPS) is 19.5. The number of rotatable bonds is 0.